The molecule has 4 aromatic rings. The third-order valence-electron chi connectivity index (χ3n) is 7.87. The molecule has 3 aromatic carbocycles. The topological polar surface area (TPSA) is 38.5 Å². The van der Waals surface area contributed by atoms with Gasteiger partial charge in [-0.15, -0.1) is 0 Å². The van der Waals surface area contributed by atoms with E-state index in [9.17, 15) is 13.2 Å². The maximum Gasteiger partial charge on any atom is 0.144 e. The van der Waals surface area contributed by atoms with Gasteiger partial charge in [0.1, 0.15) is 35.0 Å². The average Bonchev–Trinajstić information content (AvgIpc) is 3.47. The minimum Gasteiger partial charge on any atom is -0.365 e. The van der Waals surface area contributed by atoms with Crippen molar-refractivity contribution >= 4 is 0 Å². The number of halogens is 3. The van der Waals surface area contributed by atoms with Crippen LogP contribution in [0.4, 0.5) is 13.2 Å². The smallest absolute Gasteiger partial charge is 0.144 e. The number of piperidine rings is 1. The Morgan fingerprint density at radius 1 is 0.838 bits per heavy atom. The summed E-state index contributed by atoms with van der Waals surface area (Å²) >= 11 is 0. The number of rotatable bonds is 6. The lowest BCUT2D eigenvalue weighted by Gasteiger charge is -2.43. The summed E-state index contributed by atoms with van der Waals surface area (Å²) in [5.74, 6) is -0.328. The Kier molecular flexibility index (Phi) is 6.34. The molecule has 190 valence electrons. The van der Waals surface area contributed by atoms with Crippen molar-refractivity contribution in [3.8, 4) is 11.3 Å². The van der Waals surface area contributed by atoms with E-state index in [1.54, 1.807) is 36.4 Å². The van der Waals surface area contributed by atoms with Crippen LogP contribution in [0, 0.1) is 17.5 Å². The van der Waals surface area contributed by atoms with Gasteiger partial charge in [-0.25, -0.2) is 13.2 Å². The molecular weight excluding hydrogens is 477 g/mol. The Labute approximate surface area is 213 Å². The molecule has 2 fully saturated rings. The van der Waals surface area contributed by atoms with Crippen molar-refractivity contribution < 1.29 is 22.4 Å². The first kappa shape index (κ1) is 23.9. The van der Waals surface area contributed by atoms with Crippen LogP contribution in [0.25, 0.3) is 11.3 Å². The second kappa shape index (κ2) is 9.80. The summed E-state index contributed by atoms with van der Waals surface area (Å²) in [6, 6.07) is 21.2. The molecule has 4 nitrogen and oxygen atoms in total. The van der Waals surface area contributed by atoms with Crippen molar-refractivity contribution in [3.05, 3.63) is 113 Å². The number of likely N-dealkylation sites (N-methyl/N-ethyl adjacent to an activating group) is 1. The second-order valence-electron chi connectivity index (χ2n) is 10.0. The van der Waals surface area contributed by atoms with Gasteiger partial charge >= 0.3 is 0 Å². The Hall–Kier alpha value is -3.42. The van der Waals surface area contributed by atoms with E-state index in [1.807, 2.05) is 6.07 Å². The van der Waals surface area contributed by atoms with Crippen molar-refractivity contribution in [1.82, 2.24) is 10.1 Å². The van der Waals surface area contributed by atoms with Crippen LogP contribution >= 0.6 is 0 Å². The molecule has 0 spiro atoms. The maximum atomic E-state index is 13.7. The van der Waals surface area contributed by atoms with Crippen molar-refractivity contribution in [1.29, 1.82) is 0 Å². The number of ether oxygens (including phenoxy) is 1. The van der Waals surface area contributed by atoms with Gasteiger partial charge < -0.3 is 9.26 Å². The summed E-state index contributed by atoms with van der Waals surface area (Å²) in [7, 11) is 2.14. The molecule has 0 radical (unpaired) electrons. The molecule has 0 aliphatic carbocycles. The highest BCUT2D eigenvalue weighted by Gasteiger charge is 2.49. The molecule has 0 saturated carbocycles. The Morgan fingerprint density at radius 3 is 2.00 bits per heavy atom. The van der Waals surface area contributed by atoms with Gasteiger partial charge in [-0.2, -0.15) is 0 Å². The predicted molar refractivity (Wildman–Crippen MR) is 133 cm³/mol. The number of fused-ring (bicyclic) bond motifs is 2. The largest absolute Gasteiger partial charge is 0.365 e. The van der Waals surface area contributed by atoms with E-state index in [2.05, 4.69) is 17.1 Å². The number of hydrogen-bond donors (Lipinski definition) is 0. The van der Waals surface area contributed by atoms with Gasteiger partial charge in [0.15, 0.2) is 0 Å². The maximum absolute atomic E-state index is 13.7. The predicted octanol–water partition coefficient (Wildman–Crippen LogP) is 6.88. The van der Waals surface area contributed by atoms with Gasteiger partial charge in [0.25, 0.3) is 0 Å². The zero-order chi connectivity index (χ0) is 25.5. The zero-order valence-corrected chi connectivity index (χ0v) is 20.4. The summed E-state index contributed by atoms with van der Waals surface area (Å²) < 4.78 is 53.6. The molecule has 3 heterocycles. The molecule has 0 amide bonds. The van der Waals surface area contributed by atoms with E-state index < -0.39 is 6.10 Å². The standard InChI is InChI=1S/C30H27F3N2O2/c1-35-24-14-15-26(35)29(28-17-25(34-37-28)18-2-8-21(31)9-3-18)27(16-24)36-30(19-4-10-22(32)11-5-19)20-6-12-23(33)13-7-20/h2-13,17,24,26-27,29-30H,14-16H2,1H3/t24?,26?,27-,29+/m0/s1. The first-order valence-electron chi connectivity index (χ1n) is 12.6. The van der Waals surface area contributed by atoms with Gasteiger partial charge in [0.05, 0.1) is 12.0 Å². The quantitative estimate of drug-likeness (QED) is 0.287. The van der Waals surface area contributed by atoms with E-state index in [0.717, 1.165) is 41.7 Å². The van der Waals surface area contributed by atoms with Crippen LogP contribution < -0.4 is 0 Å². The third-order valence-corrected chi connectivity index (χ3v) is 7.87. The van der Waals surface area contributed by atoms with Gasteiger partial charge in [-0.05, 0) is 86.0 Å². The Morgan fingerprint density at radius 2 is 1.41 bits per heavy atom. The van der Waals surface area contributed by atoms with Crippen LogP contribution in [0.3, 0.4) is 0 Å². The molecule has 0 N–H and O–H groups in total. The number of benzene rings is 3. The molecule has 4 atom stereocenters. The average molecular weight is 505 g/mol. The van der Waals surface area contributed by atoms with Crippen LogP contribution in [0.15, 0.2) is 83.4 Å². The summed E-state index contributed by atoms with van der Waals surface area (Å²) in [4.78, 5) is 2.40. The number of hydrogen-bond acceptors (Lipinski definition) is 4. The van der Waals surface area contributed by atoms with Crippen LogP contribution in [0.5, 0.6) is 0 Å². The molecule has 2 unspecified atom stereocenters. The molecule has 37 heavy (non-hydrogen) atoms. The van der Waals surface area contributed by atoms with Crippen molar-refractivity contribution in [3.63, 3.8) is 0 Å². The van der Waals surface area contributed by atoms with Crippen LogP contribution in [0.2, 0.25) is 0 Å². The molecule has 2 bridgehead atoms. The zero-order valence-electron chi connectivity index (χ0n) is 20.4. The Bertz CT molecular complexity index is 1310. The number of aromatic nitrogens is 1. The van der Waals surface area contributed by atoms with E-state index in [1.165, 1.54) is 36.4 Å². The molecule has 1 aromatic heterocycles. The fourth-order valence-electron chi connectivity index (χ4n) is 5.94. The normalized spacial score (nSPS) is 23.6. The molecule has 2 aliphatic heterocycles. The van der Waals surface area contributed by atoms with Crippen molar-refractivity contribution in [2.75, 3.05) is 7.05 Å². The summed E-state index contributed by atoms with van der Waals surface area (Å²) in [5.41, 5.74) is 3.01. The lowest BCUT2D eigenvalue weighted by molar-refractivity contribution is -0.0631. The third kappa shape index (κ3) is 4.69. The minimum absolute atomic E-state index is 0.0890. The highest BCUT2D eigenvalue weighted by atomic mass is 19.1. The van der Waals surface area contributed by atoms with Gasteiger partial charge in [0, 0.05) is 23.7 Å². The first-order chi connectivity index (χ1) is 18.0. The lowest BCUT2D eigenvalue weighted by Crippen LogP contribution is -2.48. The summed E-state index contributed by atoms with van der Waals surface area (Å²) in [5, 5.41) is 4.29. The molecular formula is C30H27F3N2O2. The van der Waals surface area contributed by atoms with Crippen molar-refractivity contribution in [2.45, 2.75) is 49.5 Å². The second-order valence-corrected chi connectivity index (χ2v) is 10.0. The van der Waals surface area contributed by atoms with Gasteiger partial charge in [-0.1, -0.05) is 29.4 Å². The summed E-state index contributed by atoms with van der Waals surface area (Å²) in [6.45, 7) is 0. The van der Waals surface area contributed by atoms with E-state index in [0.29, 0.717) is 11.7 Å². The highest BCUT2D eigenvalue weighted by Crippen LogP contribution is 2.47. The molecule has 2 saturated heterocycles. The summed E-state index contributed by atoms with van der Waals surface area (Å²) in [6.07, 6.45) is 2.16. The Balaban J connectivity index is 1.36. The molecule has 7 heteroatoms. The van der Waals surface area contributed by atoms with E-state index in [4.69, 9.17) is 9.26 Å². The van der Waals surface area contributed by atoms with Crippen LogP contribution in [-0.4, -0.2) is 35.3 Å². The fraction of sp³-hybridized carbons (Fsp3) is 0.300. The monoisotopic (exact) mass is 504 g/mol. The molecule has 2 aliphatic rings. The highest BCUT2D eigenvalue weighted by molar-refractivity contribution is 5.58. The van der Waals surface area contributed by atoms with Crippen LogP contribution in [0.1, 0.15) is 48.2 Å². The number of nitrogens with zero attached hydrogens (tertiary/aromatic N) is 2. The van der Waals surface area contributed by atoms with Crippen molar-refractivity contribution in [2.24, 2.45) is 0 Å². The van der Waals surface area contributed by atoms with Gasteiger partial charge in [0.2, 0.25) is 0 Å². The van der Waals surface area contributed by atoms with Gasteiger partial charge in [-0.3, -0.25) is 4.90 Å². The first-order valence-corrected chi connectivity index (χ1v) is 12.6. The van der Waals surface area contributed by atoms with E-state index in [-0.39, 0.29) is 35.5 Å². The fourth-order valence-corrected chi connectivity index (χ4v) is 5.94. The molecule has 6 rings (SSSR count). The van der Waals surface area contributed by atoms with E-state index >= 15 is 0 Å². The van der Waals surface area contributed by atoms with Crippen LogP contribution in [-0.2, 0) is 4.74 Å². The minimum atomic E-state index is -0.504. The lowest BCUT2D eigenvalue weighted by atomic mass is 9.85. The SMILES string of the molecule is CN1C2CCC1[C@@H](c1cc(-c3ccc(F)cc3)no1)[C@@H](OC(c1ccc(F)cc1)c1ccc(F)cc1)C2.